The predicted octanol–water partition coefficient (Wildman–Crippen LogP) is 6.43. The molecule has 2 fully saturated rings. The molecule has 1 aromatic carbocycles. The Hall–Kier alpha value is -3.72. The van der Waals surface area contributed by atoms with Gasteiger partial charge in [-0.2, -0.15) is 0 Å². The number of methoxy groups -OCH3 is 1. The molecule has 3 atom stereocenters. The van der Waals surface area contributed by atoms with Gasteiger partial charge in [-0.3, -0.25) is 4.79 Å². The van der Waals surface area contributed by atoms with Crippen LogP contribution in [0.15, 0.2) is 55.1 Å². The molecule has 0 radical (unpaired) electrons. The fourth-order valence-electron chi connectivity index (χ4n) is 6.10. The molecule has 3 aromatic rings. The first kappa shape index (κ1) is 29.8. The molecule has 1 amide bonds. The highest BCUT2D eigenvalue weighted by Crippen LogP contribution is 2.34. The summed E-state index contributed by atoms with van der Waals surface area (Å²) in [4.78, 5) is 38.2. The van der Waals surface area contributed by atoms with E-state index in [0.717, 1.165) is 72.1 Å². The molecule has 2 aromatic heterocycles. The smallest absolute Gasteiger partial charge is 0.328 e. The minimum absolute atomic E-state index is 0.105. The number of nitrogens with zero attached hydrogens (tertiary/aromatic N) is 3. The van der Waals surface area contributed by atoms with Crippen LogP contribution in [0, 0.1) is 5.92 Å². The number of ether oxygens (including phenoxy) is 2. The maximum absolute atomic E-state index is 14.3. The predicted molar refractivity (Wildman–Crippen MR) is 168 cm³/mol. The van der Waals surface area contributed by atoms with E-state index in [1.807, 2.05) is 30.3 Å². The second-order valence-corrected chi connectivity index (χ2v) is 12.0. The SMILES string of the molecule is C=CCCCc1csc(N[C@H](C(=O)N2C[C@H](Oc3nccc4ccc(C=C)cc34)C[C@H]2C(=O)OC)C2CCCCC2)n1. The number of aromatic nitrogens is 2. The number of rotatable bonds is 12. The Balaban J connectivity index is 1.37. The van der Waals surface area contributed by atoms with Gasteiger partial charge in [0.15, 0.2) is 5.13 Å². The Kier molecular flexibility index (Phi) is 9.89. The number of fused-ring (bicyclic) bond motifs is 1. The van der Waals surface area contributed by atoms with Crippen LogP contribution in [-0.2, 0) is 20.7 Å². The molecule has 0 spiro atoms. The summed E-state index contributed by atoms with van der Waals surface area (Å²) in [5.74, 6) is 0.101. The van der Waals surface area contributed by atoms with Crippen molar-refractivity contribution in [1.29, 1.82) is 0 Å². The maximum Gasteiger partial charge on any atom is 0.328 e. The van der Waals surface area contributed by atoms with Crippen LogP contribution in [-0.4, -0.2) is 58.6 Å². The fraction of sp³-hybridized carbons (Fsp3) is 0.455. The van der Waals surface area contributed by atoms with Gasteiger partial charge in [0.1, 0.15) is 18.2 Å². The van der Waals surface area contributed by atoms with Gasteiger partial charge in [0.2, 0.25) is 11.8 Å². The number of thiazole rings is 1. The summed E-state index contributed by atoms with van der Waals surface area (Å²) in [5.41, 5.74) is 1.98. The summed E-state index contributed by atoms with van der Waals surface area (Å²) in [6, 6.07) is 6.71. The Labute approximate surface area is 251 Å². The van der Waals surface area contributed by atoms with Crippen molar-refractivity contribution in [2.75, 3.05) is 19.0 Å². The molecule has 1 aliphatic heterocycles. The zero-order chi connectivity index (χ0) is 29.5. The molecule has 42 heavy (non-hydrogen) atoms. The highest BCUT2D eigenvalue weighted by atomic mass is 32.1. The number of nitrogens with one attached hydrogen (secondary N) is 1. The molecule has 2 aliphatic rings. The lowest BCUT2D eigenvalue weighted by Gasteiger charge is -2.34. The number of likely N-dealkylation sites (tertiary alicyclic amines) is 1. The second kappa shape index (κ2) is 14.0. The number of hydrogen-bond donors (Lipinski definition) is 1. The van der Waals surface area contributed by atoms with Crippen LogP contribution in [0.4, 0.5) is 5.13 Å². The van der Waals surface area contributed by atoms with Crippen molar-refractivity contribution < 1.29 is 19.1 Å². The van der Waals surface area contributed by atoms with Crippen molar-refractivity contribution in [1.82, 2.24) is 14.9 Å². The van der Waals surface area contributed by atoms with Crippen LogP contribution in [0.1, 0.15) is 62.6 Å². The summed E-state index contributed by atoms with van der Waals surface area (Å²) in [5, 5.41) is 8.15. The van der Waals surface area contributed by atoms with E-state index in [0.29, 0.717) is 12.3 Å². The number of esters is 1. The summed E-state index contributed by atoms with van der Waals surface area (Å²) >= 11 is 1.53. The quantitative estimate of drug-likeness (QED) is 0.148. The van der Waals surface area contributed by atoms with E-state index in [2.05, 4.69) is 28.8 Å². The second-order valence-electron chi connectivity index (χ2n) is 11.2. The standard InChI is InChI=1S/C33H40N4O4S/c1-4-6-8-13-25-21-42-33(35-25)36-29(24-11-9-7-10-12-24)31(38)37-20-26(19-28(37)32(39)40-3)41-30-27-18-22(5-2)14-15-23(27)16-17-34-30/h4-5,14-18,21,24,26,28-29H,1-2,6-13,19-20H2,3H3,(H,35,36)/t26-,28+,29+/m1/s1. The minimum atomic E-state index is -0.732. The number of anilines is 1. The summed E-state index contributed by atoms with van der Waals surface area (Å²) in [7, 11) is 1.36. The fourth-order valence-corrected chi connectivity index (χ4v) is 6.88. The lowest BCUT2D eigenvalue weighted by atomic mass is 9.83. The summed E-state index contributed by atoms with van der Waals surface area (Å²) in [6.45, 7) is 7.94. The van der Waals surface area contributed by atoms with Crippen molar-refractivity contribution in [2.45, 2.75) is 76.0 Å². The third-order valence-corrected chi connectivity index (χ3v) is 9.17. The van der Waals surface area contributed by atoms with Gasteiger partial charge in [0.05, 0.1) is 19.3 Å². The molecule has 222 valence electrons. The summed E-state index contributed by atoms with van der Waals surface area (Å²) in [6.07, 6.45) is 13.4. The Morgan fingerprint density at radius 3 is 2.81 bits per heavy atom. The van der Waals surface area contributed by atoms with Crippen molar-refractivity contribution in [3.05, 3.63) is 66.3 Å². The van der Waals surface area contributed by atoms with E-state index >= 15 is 0 Å². The summed E-state index contributed by atoms with van der Waals surface area (Å²) < 4.78 is 11.6. The van der Waals surface area contributed by atoms with Crippen molar-refractivity contribution in [3.8, 4) is 5.88 Å². The molecule has 0 unspecified atom stereocenters. The zero-order valence-electron chi connectivity index (χ0n) is 24.3. The number of benzene rings is 1. The Morgan fingerprint density at radius 2 is 2.05 bits per heavy atom. The number of allylic oxidation sites excluding steroid dienone is 1. The molecule has 3 heterocycles. The third kappa shape index (κ3) is 6.84. The number of aryl methyl sites for hydroxylation is 1. The van der Waals surface area contributed by atoms with Crippen molar-refractivity contribution in [3.63, 3.8) is 0 Å². The van der Waals surface area contributed by atoms with Crippen LogP contribution in [0.5, 0.6) is 5.88 Å². The number of carbonyl (C=O) groups excluding carboxylic acids is 2. The molecular formula is C33H40N4O4S. The van der Waals surface area contributed by atoms with Gasteiger partial charge in [-0.15, -0.1) is 17.9 Å². The van der Waals surface area contributed by atoms with E-state index in [-0.39, 0.29) is 18.4 Å². The monoisotopic (exact) mass is 588 g/mol. The first-order chi connectivity index (χ1) is 20.5. The number of hydrogen-bond acceptors (Lipinski definition) is 8. The minimum Gasteiger partial charge on any atom is -0.472 e. The first-order valence-corrected chi connectivity index (χ1v) is 15.8. The lowest BCUT2D eigenvalue weighted by Crippen LogP contribution is -2.51. The van der Waals surface area contributed by atoms with E-state index < -0.39 is 24.2 Å². The van der Waals surface area contributed by atoms with Crippen LogP contribution in [0.25, 0.3) is 16.8 Å². The maximum atomic E-state index is 14.3. The Bertz CT molecular complexity index is 1420. The van der Waals surface area contributed by atoms with Crippen molar-refractivity contribution in [2.24, 2.45) is 5.92 Å². The molecule has 1 saturated carbocycles. The molecule has 1 aliphatic carbocycles. The van der Waals surface area contributed by atoms with E-state index in [1.54, 1.807) is 17.2 Å². The van der Waals surface area contributed by atoms with Crippen LogP contribution in [0.3, 0.4) is 0 Å². The van der Waals surface area contributed by atoms with Gasteiger partial charge in [-0.25, -0.2) is 14.8 Å². The molecule has 1 saturated heterocycles. The molecule has 1 N–H and O–H groups in total. The van der Waals surface area contributed by atoms with Crippen molar-refractivity contribution >= 4 is 45.2 Å². The highest BCUT2D eigenvalue weighted by Gasteiger charge is 2.45. The number of unbranched alkanes of at least 4 members (excludes halogenated alkanes) is 1. The Morgan fingerprint density at radius 1 is 1.21 bits per heavy atom. The number of carbonyl (C=O) groups is 2. The van der Waals surface area contributed by atoms with Gasteiger partial charge < -0.3 is 19.7 Å². The average molecular weight is 589 g/mol. The van der Waals surface area contributed by atoms with Crippen LogP contribution >= 0.6 is 11.3 Å². The van der Waals surface area contributed by atoms with E-state index in [1.165, 1.54) is 24.9 Å². The third-order valence-electron chi connectivity index (χ3n) is 8.35. The average Bonchev–Trinajstić information content (AvgIpc) is 3.66. The van der Waals surface area contributed by atoms with Gasteiger partial charge in [0.25, 0.3) is 0 Å². The molecule has 9 heteroatoms. The van der Waals surface area contributed by atoms with Gasteiger partial charge in [-0.1, -0.05) is 50.1 Å². The normalized spacial score (nSPS) is 19.8. The van der Waals surface area contributed by atoms with Crippen LogP contribution < -0.4 is 10.1 Å². The molecule has 0 bridgehead atoms. The number of amides is 1. The highest BCUT2D eigenvalue weighted by molar-refractivity contribution is 7.13. The topological polar surface area (TPSA) is 93.7 Å². The largest absolute Gasteiger partial charge is 0.472 e. The lowest BCUT2D eigenvalue weighted by molar-refractivity contribution is -0.151. The van der Waals surface area contributed by atoms with E-state index in [9.17, 15) is 9.59 Å². The van der Waals surface area contributed by atoms with Crippen LogP contribution in [0.2, 0.25) is 0 Å². The molecule has 5 rings (SSSR count). The van der Waals surface area contributed by atoms with Gasteiger partial charge in [0, 0.05) is 23.4 Å². The van der Waals surface area contributed by atoms with Gasteiger partial charge >= 0.3 is 5.97 Å². The van der Waals surface area contributed by atoms with E-state index in [4.69, 9.17) is 14.5 Å². The molecule has 8 nitrogen and oxygen atoms in total. The first-order valence-electron chi connectivity index (χ1n) is 14.9. The van der Waals surface area contributed by atoms with Gasteiger partial charge in [-0.05, 0) is 61.1 Å². The zero-order valence-corrected chi connectivity index (χ0v) is 25.1. The molecular weight excluding hydrogens is 548 g/mol. The number of pyridine rings is 1.